The molecule has 1 aromatic heterocycles. The molecule has 0 amide bonds. The van der Waals surface area contributed by atoms with Crippen LogP contribution < -0.4 is 4.90 Å². The lowest BCUT2D eigenvalue weighted by Gasteiger charge is -2.35. The summed E-state index contributed by atoms with van der Waals surface area (Å²) in [5, 5.41) is 1.35. The Morgan fingerprint density at radius 3 is 1.93 bits per heavy atom. The standard InChI is InChI=1S/C53H35NS/c1-3-17-38(18-4-1)53(39-19-5-2-6-20-39)48-26-11-9-22-44(48)45-34-33-41(35-49(45)53)54(50-27-13-16-36-15-7-8-21-42(36)50)40-31-29-37(30-32-40)43-24-14-25-47-46-23-10-12-28-51(46)55-52(43)47/h1-35H/i7D,8D,13D,15D,16D,21D,27D,29D,30D,31D,32D. The van der Waals surface area contributed by atoms with E-state index in [2.05, 4.69) is 36.4 Å². The molecule has 0 N–H and O–H groups in total. The molecule has 0 radical (unpaired) electrons. The third-order valence-electron chi connectivity index (χ3n) is 10.7. The number of thiophene rings is 1. The number of rotatable bonds is 6. The summed E-state index contributed by atoms with van der Waals surface area (Å²) in [6.45, 7) is 0. The second-order valence-electron chi connectivity index (χ2n) is 13.6. The van der Waals surface area contributed by atoms with Gasteiger partial charge < -0.3 is 4.90 Å². The number of fused-ring (bicyclic) bond motifs is 7. The molecule has 0 bridgehead atoms. The van der Waals surface area contributed by atoms with E-state index in [1.54, 1.807) is 12.1 Å². The quantitative estimate of drug-likeness (QED) is 0.165. The molecule has 9 aromatic carbocycles. The average molecular weight is 729 g/mol. The zero-order valence-corrected chi connectivity index (χ0v) is 30.0. The molecule has 10 aromatic rings. The highest BCUT2D eigenvalue weighted by Gasteiger charge is 2.46. The van der Waals surface area contributed by atoms with Crippen molar-refractivity contribution in [1.82, 2.24) is 0 Å². The van der Waals surface area contributed by atoms with Crippen molar-refractivity contribution in [3.8, 4) is 22.3 Å². The molecule has 0 saturated heterocycles. The van der Waals surface area contributed by atoms with Crippen LogP contribution in [0.2, 0.25) is 0 Å². The van der Waals surface area contributed by atoms with E-state index in [1.807, 2.05) is 97.1 Å². The van der Waals surface area contributed by atoms with Gasteiger partial charge in [-0.3, -0.25) is 0 Å². The highest BCUT2D eigenvalue weighted by atomic mass is 32.1. The summed E-state index contributed by atoms with van der Waals surface area (Å²) in [5.41, 5.74) is 4.87. The van der Waals surface area contributed by atoms with Crippen molar-refractivity contribution < 1.29 is 15.1 Å². The lowest BCUT2D eigenvalue weighted by atomic mass is 9.67. The van der Waals surface area contributed by atoms with Gasteiger partial charge in [0.25, 0.3) is 0 Å². The number of hydrogen-bond acceptors (Lipinski definition) is 2. The summed E-state index contributed by atoms with van der Waals surface area (Å²) < 4.78 is 104. The monoisotopic (exact) mass is 728 g/mol. The maximum Gasteiger partial charge on any atom is 0.0714 e. The maximum absolute atomic E-state index is 9.89. The Morgan fingerprint density at radius 2 is 1.11 bits per heavy atom. The van der Waals surface area contributed by atoms with Crippen LogP contribution in [0.4, 0.5) is 17.1 Å². The number of anilines is 3. The minimum Gasteiger partial charge on any atom is -0.310 e. The molecule has 1 heterocycles. The summed E-state index contributed by atoms with van der Waals surface area (Å²) in [6, 6.07) is 41.4. The Morgan fingerprint density at radius 1 is 0.455 bits per heavy atom. The van der Waals surface area contributed by atoms with Crippen molar-refractivity contribution in [2.75, 3.05) is 4.90 Å². The van der Waals surface area contributed by atoms with Crippen LogP contribution in [0.5, 0.6) is 0 Å². The minimum absolute atomic E-state index is 0.0722. The number of hydrogen-bond donors (Lipinski definition) is 0. The molecule has 0 saturated carbocycles. The first-order chi connectivity index (χ1) is 31.9. The van der Waals surface area contributed by atoms with Gasteiger partial charge in [0.2, 0.25) is 0 Å². The van der Waals surface area contributed by atoms with Crippen molar-refractivity contribution in [1.29, 1.82) is 0 Å². The predicted molar refractivity (Wildman–Crippen MR) is 234 cm³/mol. The van der Waals surface area contributed by atoms with E-state index in [-0.39, 0.29) is 45.5 Å². The third kappa shape index (κ3) is 4.85. The molecule has 1 aliphatic rings. The Balaban J connectivity index is 1.28. The van der Waals surface area contributed by atoms with Crippen molar-refractivity contribution in [3.05, 3.63) is 234 Å². The van der Waals surface area contributed by atoms with Gasteiger partial charge in [-0.2, -0.15) is 0 Å². The first-order valence-corrected chi connectivity index (χ1v) is 18.9. The second kappa shape index (κ2) is 12.7. The summed E-state index contributed by atoms with van der Waals surface area (Å²) in [6.07, 6.45) is 0. The topological polar surface area (TPSA) is 3.24 Å². The highest BCUT2D eigenvalue weighted by molar-refractivity contribution is 7.26. The minimum atomic E-state index is -0.932. The zero-order valence-electron chi connectivity index (χ0n) is 40.2. The fourth-order valence-corrected chi connectivity index (χ4v) is 9.63. The van der Waals surface area contributed by atoms with E-state index in [9.17, 15) is 8.22 Å². The van der Waals surface area contributed by atoms with Gasteiger partial charge in [-0.15, -0.1) is 11.3 Å². The Bertz CT molecular complexity index is 3610. The van der Waals surface area contributed by atoms with Crippen LogP contribution in [-0.4, -0.2) is 0 Å². The predicted octanol–water partition coefficient (Wildman–Crippen LogP) is 14.7. The normalized spacial score (nSPS) is 15.7. The molecule has 11 rings (SSSR count). The Labute approximate surface area is 340 Å². The van der Waals surface area contributed by atoms with Gasteiger partial charge in [0.1, 0.15) is 0 Å². The smallest absolute Gasteiger partial charge is 0.0714 e. The lowest BCUT2D eigenvalue weighted by Crippen LogP contribution is -2.28. The molecule has 0 fully saturated rings. The van der Waals surface area contributed by atoms with Crippen LogP contribution in [0.25, 0.3) is 53.2 Å². The Hall–Kier alpha value is -6.74. The van der Waals surface area contributed by atoms with Crippen molar-refractivity contribution >= 4 is 59.3 Å². The van der Waals surface area contributed by atoms with E-state index >= 15 is 0 Å². The van der Waals surface area contributed by atoms with E-state index in [0.717, 1.165) is 53.6 Å². The van der Waals surface area contributed by atoms with Crippen LogP contribution in [0, 0.1) is 0 Å². The molecule has 55 heavy (non-hydrogen) atoms. The van der Waals surface area contributed by atoms with E-state index in [4.69, 9.17) is 6.85 Å². The zero-order chi connectivity index (χ0) is 45.9. The highest BCUT2D eigenvalue weighted by Crippen LogP contribution is 2.57. The van der Waals surface area contributed by atoms with Crippen molar-refractivity contribution in [2.45, 2.75) is 5.41 Å². The van der Waals surface area contributed by atoms with E-state index in [0.29, 0.717) is 5.56 Å². The van der Waals surface area contributed by atoms with Crippen LogP contribution >= 0.6 is 11.3 Å². The van der Waals surface area contributed by atoms with Gasteiger partial charge in [-0.1, -0.05) is 176 Å². The van der Waals surface area contributed by atoms with Gasteiger partial charge in [0.05, 0.1) is 26.2 Å². The molecule has 0 spiro atoms. The SMILES string of the molecule is [2H]c1c([2H])c(N(c2ccc3c(c2)C(c2ccccc2)(c2ccccc2)c2ccccc2-3)c2c([2H])c([2H])c([2H])c3c([2H])c([2H])c([2H])c([2H])c23)c([2H])c([2H])c1-c1cccc2c1sc1ccccc12. The van der Waals surface area contributed by atoms with Gasteiger partial charge in [0.15, 0.2) is 0 Å². The number of nitrogens with zero attached hydrogens (tertiary/aromatic N) is 1. The van der Waals surface area contributed by atoms with E-state index in [1.165, 1.54) is 16.2 Å². The fraction of sp³-hybridized carbons (Fsp3) is 0.0189. The van der Waals surface area contributed by atoms with Crippen LogP contribution in [-0.2, 0) is 5.41 Å². The fourth-order valence-electron chi connectivity index (χ4n) is 8.40. The molecule has 2 heteroatoms. The maximum atomic E-state index is 9.89. The lowest BCUT2D eigenvalue weighted by molar-refractivity contribution is 0.768. The summed E-state index contributed by atoms with van der Waals surface area (Å²) >= 11 is 1.50. The molecule has 1 aliphatic carbocycles. The number of benzene rings is 9. The average Bonchev–Trinajstić information content (AvgIpc) is 3.88. The van der Waals surface area contributed by atoms with Gasteiger partial charge in [0, 0.05) is 36.9 Å². The first-order valence-electron chi connectivity index (χ1n) is 23.5. The van der Waals surface area contributed by atoms with Crippen LogP contribution in [0.15, 0.2) is 212 Å². The molecule has 0 aliphatic heterocycles. The summed E-state index contributed by atoms with van der Waals surface area (Å²) in [4.78, 5) is 1.34. The first kappa shape index (κ1) is 22.5. The van der Waals surface area contributed by atoms with Crippen molar-refractivity contribution in [2.24, 2.45) is 0 Å². The van der Waals surface area contributed by atoms with Gasteiger partial charge >= 0.3 is 0 Å². The van der Waals surface area contributed by atoms with Crippen LogP contribution in [0.1, 0.15) is 37.3 Å². The summed E-state index contributed by atoms with van der Waals surface area (Å²) in [7, 11) is 0. The Kier molecular flexibility index (Phi) is 5.19. The third-order valence-corrected chi connectivity index (χ3v) is 11.9. The largest absolute Gasteiger partial charge is 0.310 e. The van der Waals surface area contributed by atoms with Gasteiger partial charge in [-0.25, -0.2) is 0 Å². The molecular weight excluding hydrogens is 683 g/mol. The van der Waals surface area contributed by atoms with E-state index < -0.39 is 59.8 Å². The molecule has 0 unspecified atom stereocenters. The molecule has 1 nitrogen and oxygen atoms in total. The summed E-state index contributed by atoms with van der Waals surface area (Å²) in [5.74, 6) is 0. The molecule has 258 valence electrons. The van der Waals surface area contributed by atoms with Gasteiger partial charge in [-0.05, 0) is 86.2 Å². The second-order valence-corrected chi connectivity index (χ2v) is 14.6. The van der Waals surface area contributed by atoms with Crippen molar-refractivity contribution in [3.63, 3.8) is 0 Å². The van der Waals surface area contributed by atoms with Crippen LogP contribution in [0.3, 0.4) is 0 Å². The molecule has 0 atom stereocenters. The molecular formula is C53H35NS.